The summed E-state index contributed by atoms with van der Waals surface area (Å²) in [5, 5.41) is 0. The summed E-state index contributed by atoms with van der Waals surface area (Å²) >= 11 is 0. The molecule has 0 atom stereocenters. The second-order valence-corrected chi connectivity index (χ2v) is 3.30. The topological polar surface area (TPSA) is 26.3 Å². The fourth-order valence-corrected chi connectivity index (χ4v) is 1.50. The lowest BCUT2D eigenvalue weighted by Crippen LogP contribution is -1.99. The van der Waals surface area contributed by atoms with Crippen LogP contribution in [0.1, 0.15) is 19.8 Å². The number of hydrogen-bond donors (Lipinski definition) is 0. The second-order valence-electron chi connectivity index (χ2n) is 3.30. The average molecular weight is 188 g/mol. The molecule has 0 aromatic carbocycles. The zero-order chi connectivity index (χ0) is 9.97. The first-order valence-corrected chi connectivity index (χ1v) is 4.79. The largest absolute Gasteiger partial charge is 0.427 e. The summed E-state index contributed by atoms with van der Waals surface area (Å²) in [6, 6.07) is 0. The third-order valence-electron chi connectivity index (χ3n) is 2.26. The van der Waals surface area contributed by atoms with Crippen LogP contribution in [0.3, 0.4) is 0 Å². The Morgan fingerprint density at radius 2 is 2.36 bits per heavy atom. The Morgan fingerprint density at radius 1 is 1.50 bits per heavy atom. The van der Waals surface area contributed by atoms with Gasteiger partial charge in [0, 0.05) is 6.42 Å². The Kier molecular flexibility index (Phi) is 2.35. The number of hydrogen-bond acceptors (Lipinski definition) is 2. The molecule has 0 heterocycles. The summed E-state index contributed by atoms with van der Waals surface area (Å²) in [7, 11) is 0. The van der Waals surface area contributed by atoms with E-state index in [4.69, 9.17) is 4.74 Å². The van der Waals surface area contributed by atoms with Gasteiger partial charge in [0.2, 0.25) is 0 Å². The molecule has 0 bridgehead atoms. The molecule has 2 nitrogen and oxygen atoms in total. The molecule has 2 heteroatoms. The fraction of sp³-hybridized carbons (Fsp3) is 0.250. The molecule has 2 rings (SSSR count). The SMILES string of the molecule is CCC(=O)OC1=CC2=CC=CCC2=C1. The highest BCUT2D eigenvalue weighted by Crippen LogP contribution is 2.29. The van der Waals surface area contributed by atoms with Crippen molar-refractivity contribution in [2.24, 2.45) is 0 Å². The summed E-state index contributed by atoms with van der Waals surface area (Å²) in [5.41, 5.74) is 2.39. The minimum absolute atomic E-state index is 0.180. The van der Waals surface area contributed by atoms with Crippen LogP contribution in [-0.4, -0.2) is 5.97 Å². The number of allylic oxidation sites excluding steroid dienone is 7. The van der Waals surface area contributed by atoms with Crippen molar-refractivity contribution in [2.45, 2.75) is 19.8 Å². The van der Waals surface area contributed by atoms with Gasteiger partial charge in [-0.3, -0.25) is 4.79 Å². The van der Waals surface area contributed by atoms with E-state index in [1.54, 1.807) is 6.92 Å². The van der Waals surface area contributed by atoms with Crippen LogP contribution in [0.15, 0.2) is 47.3 Å². The van der Waals surface area contributed by atoms with Gasteiger partial charge in [-0.25, -0.2) is 0 Å². The smallest absolute Gasteiger partial charge is 0.310 e. The average Bonchev–Trinajstić information content (AvgIpc) is 2.59. The first-order chi connectivity index (χ1) is 6.79. The van der Waals surface area contributed by atoms with Gasteiger partial charge in [0.25, 0.3) is 0 Å². The van der Waals surface area contributed by atoms with Crippen molar-refractivity contribution in [3.05, 3.63) is 47.3 Å². The van der Waals surface area contributed by atoms with Gasteiger partial charge in [0.05, 0.1) is 0 Å². The first kappa shape index (κ1) is 9.00. The fourth-order valence-electron chi connectivity index (χ4n) is 1.50. The highest BCUT2D eigenvalue weighted by atomic mass is 16.5. The molecule has 0 aliphatic heterocycles. The van der Waals surface area contributed by atoms with Gasteiger partial charge < -0.3 is 4.74 Å². The molecule has 0 amide bonds. The van der Waals surface area contributed by atoms with Crippen LogP contribution < -0.4 is 0 Å². The van der Waals surface area contributed by atoms with E-state index in [-0.39, 0.29) is 5.97 Å². The van der Waals surface area contributed by atoms with Crippen molar-refractivity contribution in [2.75, 3.05) is 0 Å². The molecule has 0 spiro atoms. The summed E-state index contributed by atoms with van der Waals surface area (Å²) in [6.07, 6.45) is 11.3. The lowest BCUT2D eigenvalue weighted by Gasteiger charge is -2.02. The Morgan fingerprint density at radius 3 is 3.07 bits per heavy atom. The van der Waals surface area contributed by atoms with E-state index in [1.165, 1.54) is 5.57 Å². The predicted octanol–water partition coefficient (Wildman–Crippen LogP) is 2.65. The van der Waals surface area contributed by atoms with Crippen LogP contribution in [0.5, 0.6) is 0 Å². The molecule has 0 saturated heterocycles. The lowest BCUT2D eigenvalue weighted by atomic mass is 10.0. The molecular formula is C12H12O2. The lowest BCUT2D eigenvalue weighted by molar-refractivity contribution is -0.138. The van der Waals surface area contributed by atoms with Crippen molar-refractivity contribution < 1.29 is 9.53 Å². The van der Waals surface area contributed by atoms with Crippen molar-refractivity contribution in [3.63, 3.8) is 0 Å². The maximum absolute atomic E-state index is 11.0. The Labute approximate surface area is 83.3 Å². The molecule has 14 heavy (non-hydrogen) atoms. The molecule has 0 saturated carbocycles. The minimum Gasteiger partial charge on any atom is -0.427 e. The van der Waals surface area contributed by atoms with Crippen molar-refractivity contribution >= 4 is 5.97 Å². The molecule has 0 fully saturated rings. The highest BCUT2D eigenvalue weighted by Gasteiger charge is 2.15. The summed E-state index contributed by atoms with van der Waals surface area (Å²) < 4.78 is 5.13. The standard InChI is InChI=1S/C12H12O2/c1-2-12(13)14-11-7-9-5-3-4-6-10(9)8-11/h3-5,7-8H,2,6H2,1H3. The van der Waals surface area contributed by atoms with Gasteiger partial charge in [-0.05, 0) is 29.7 Å². The van der Waals surface area contributed by atoms with Gasteiger partial charge >= 0.3 is 5.97 Å². The second kappa shape index (κ2) is 3.66. The molecular weight excluding hydrogens is 176 g/mol. The van der Waals surface area contributed by atoms with Crippen LogP contribution in [0, 0.1) is 0 Å². The molecule has 0 unspecified atom stereocenters. The summed E-state index contributed by atoms with van der Waals surface area (Å²) in [6.45, 7) is 1.79. The van der Waals surface area contributed by atoms with Crippen LogP contribution in [0.25, 0.3) is 0 Å². The van der Waals surface area contributed by atoms with E-state index in [1.807, 2.05) is 24.3 Å². The van der Waals surface area contributed by atoms with Gasteiger partial charge in [0.15, 0.2) is 0 Å². The highest BCUT2D eigenvalue weighted by molar-refractivity contribution is 5.71. The maximum Gasteiger partial charge on any atom is 0.310 e. The number of carbonyl (C=O) groups is 1. The van der Waals surface area contributed by atoms with Gasteiger partial charge in [-0.1, -0.05) is 25.2 Å². The Bertz CT molecular complexity index is 381. The van der Waals surface area contributed by atoms with Crippen molar-refractivity contribution in [1.29, 1.82) is 0 Å². The van der Waals surface area contributed by atoms with Crippen LogP contribution in [-0.2, 0) is 9.53 Å². The van der Waals surface area contributed by atoms with Gasteiger partial charge in [-0.2, -0.15) is 0 Å². The molecule has 72 valence electrons. The maximum atomic E-state index is 11.0. The molecule has 0 radical (unpaired) electrons. The van der Waals surface area contributed by atoms with E-state index in [0.717, 1.165) is 12.0 Å². The van der Waals surface area contributed by atoms with E-state index in [2.05, 4.69) is 6.08 Å². The number of ether oxygens (including phenoxy) is 1. The number of carbonyl (C=O) groups excluding carboxylic acids is 1. The Balaban J connectivity index is 2.12. The molecule has 0 aromatic heterocycles. The quantitative estimate of drug-likeness (QED) is 0.623. The third kappa shape index (κ3) is 1.69. The van der Waals surface area contributed by atoms with Gasteiger partial charge in [0.1, 0.15) is 5.76 Å². The van der Waals surface area contributed by atoms with E-state index < -0.39 is 0 Å². The number of fused-ring (bicyclic) bond motifs is 1. The van der Waals surface area contributed by atoms with Crippen molar-refractivity contribution in [3.8, 4) is 0 Å². The summed E-state index contributed by atoms with van der Waals surface area (Å²) in [5.74, 6) is 0.488. The number of esters is 1. The van der Waals surface area contributed by atoms with Gasteiger partial charge in [-0.15, -0.1) is 0 Å². The molecule has 2 aliphatic rings. The molecule has 0 N–H and O–H groups in total. The normalized spacial score (nSPS) is 18.2. The minimum atomic E-state index is -0.180. The Hall–Kier alpha value is -1.57. The van der Waals surface area contributed by atoms with E-state index in [0.29, 0.717) is 12.2 Å². The van der Waals surface area contributed by atoms with E-state index >= 15 is 0 Å². The van der Waals surface area contributed by atoms with Crippen LogP contribution >= 0.6 is 0 Å². The predicted molar refractivity (Wildman–Crippen MR) is 54.4 cm³/mol. The van der Waals surface area contributed by atoms with Crippen LogP contribution in [0.4, 0.5) is 0 Å². The third-order valence-corrected chi connectivity index (χ3v) is 2.26. The van der Waals surface area contributed by atoms with Crippen molar-refractivity contribution in [1.82, 2.24) is 0 Å². The monoisotopic (exact) mass is 188 g/mol. The molecule has 2 aliphatic carbocycles. The zero-order valence-corrected chi connectivity index (χ0v) is 8.12. The first-order valence-electron chi connectivity index (χ1n) is 4.79. The summed E-state index contributed by atoms with van der Waals surface area (Å²) in [4.78, 5) is 11.0. The van der Waals surface area contributed by atoms with E-state index in [9.17, 15) is 4.79 Å². The van der Waals surface area contributed by atoms with Crippen LogP contribution in [0.2, 0.25) is 0 Å². The zero-order valence-electron chi connectivity index (χ0n) is 8.12. The molecule has 0 aromatic rings. The number of rotatable bonds is 2.